The van der Waals surface area contributed by atoms with Gasteiger partial charge in [-0.3, -0.25) is 0 Å². The fourth-order valence-electron chi connectivity index (χ4n) is 2.46. The molecule has 0 aliphatic carbocycles. The van der Waals surface area contributed by atoms with Crippen LogP contribution in [0.15, 0.2) is 59.1 Å². The fraction of sp³-hybridized carbons (Fsp3) is 0.190. The number of aryl methyl sites for hydroxylation is 1. The third kappa shape index (κ3) is 4.82. The summed E-state index contributed by atoms with van der Waals surface area (Å²) in [4.78, 5) is 16.2. The lowest BCUT2D eigenvalue weighted by molar-refractivity contribution is -0.139. The number of aromatic nitrogens is 2. The third-order valence-electron chi connectivity index (χ3n) is 3.96. The van der Waals surface area contributed by atoms with E-state index >= 15 is 0 Å². The number of hydrogen-bond acceptors (Lipinski definition) is 6. The van der Waals surface area contributed by atoms with Crippen molar-refractivity contribution in [3.8, 4) is 17.1 Å². The molecule has 0 amide bonds. The highest BCUT2D eigenvalue weighted by Crippen LogP contribution is 2.19. The predicted molar refractivity (Wildman–Crippen MR) is 101 cm³/mol. The minimum absolute atomic E-state index is 0.0882. The van der Waals surface area contributed by atoms with Gasteiger partial charge in [0.2, 0.25) is 5.82 Å². The maximum atomic E-state index is 11.9. The van der Waals surface area contributed by atoms with Gasteiger partial charge in [0.25, 0.3) is 5.89 Å². The Hall–Kier alpha value is -3.41. The Kier molecular flexibility index (Phi) is 5.99. The summed E-state index contributed by atoms with van der Waals surface area (Å²) in [7, 11) is 1.58. The molecular weight excluding hydrogens is 344 g/mol. The molecule has 6 nitrogen and oxygen atoms in total. The lowest BCUT2D eigenvalue weighted by Gasteiger charge is -2.03. The van der Waals surface area contributed by atoms with Crippen molar-refractivity contribution < 1.29 is 18.8 Å². The number of rotatable bonds is 7. The van der Waals surface area contributed by atoms with E-state index in [9.17, 15) is 4.79 Å². The second-order valence-electron chi connectivity index (χ2n) is 5.75. The quantitative estimate of drug-likeness (QED) is 0.465. The Balaban J connectivity index is 1.57. The van der Waals surface area contributed by atoms with Crippen molar-refractivity contribution in [2.75, 3.05) is 7.11 Å². The van der Waals surface area contributed by atoms with Crippen LogP contribution in [0, 0.1) is 0 Å². The summed E-state index contributed by atoms with van der Waals surface area (Å²) < 4.78 is 15.5. The number of ether oxygens (including phenoxy) is 2. The highest BCUT2D eigenvalue weighted by atomic mass is 16.6. The Morgan fingerprint density at radius 2 is 1.93 bits per heavy atom. The van der Waals surface area contributed by atoms with E-state index in [1.165, 1.54) is 11.6 Å². The number of carbonyl (C=O) groups excluding carboxylic acids is 1. The molecule has 0 spiro atoms. The zero-order valence-corrected chi connectivity index (χ0v) is 15.2. The summed E-state index contributed by atoms with van der Waals surface area (Å²) in [6.45, 7) is 2.01. The molecule has 0 aliphatic rings. The largest absolute Gasteiger partial charge is 0.496 e. The topological polar surface area (TPSA) is 74.5 Å². The van der Waals surface area contributed by atoms with Crippen molar-refractivity contribution in [1.29, 1.82) is 0 Å². The normalized spacial score (nSPS) is 10.9. The van der Waals surface area contributed by atoms with Gasteiger partial charge < -0.3 is 14.0 Å². The lowest BCUT2D eigenvalue weighted by Crippen LogP contribution is -2.01. The molecule has 6 heteroatoms. The van der Waals surface area contributed by atoms with Gasteiger partial charge in [-0.05, 0) is 24.1 Å². The number of esters is 1. The van der Waals surface area contributed by atoms with Crippen LogP contribution in [0.1, 0.15) is 23.9 Å². The molecule has 0 saturated heterocycles. The predicted octanol–water partition coefficient (Wildman–Crippen LogP) is 4.06. The molecular formula is C21H20N2O4. The summed E-state index contributed by atoms with van der Waals surface area (Å²) in [5.41, 5.74) is 2.87. The van der Waals surface area contributed by atoms with Gasteiger partial charge in [-0.15, -0.1) is 0 Å². The molecule has 0 atom stereocenters. The average Bonchev–Trinajstić information content (AvgIpc) is 3.20. The number of nitrogens with zero attached hydrogens (tertiary/aromatic N) is 2. The standard InChI is InChI=1S/C21H20N2O4/c1-3-15-8-10-17(11-9-15)21-22-19(27-23-21)14-26-20(24)13-12-16-6-4-5-7-18(16)25-2/h4-13H,3,14H2,1-2H3/b13-12+. The second-order valence-corrected chi connectivity index (χ2v) is 5.75. The van der Waals surface area contributed by atoms with Gasteiger partial charge in [-0.2, -0.15) is 4.98 Å². The van der Waals surface area contributed by atoms with Crippen LogP contribution < -0.4 is 4.74 Å². The summed E-state index contributed by atoms with van der Waals surface area (Å²) >= 11 is 0. The van der Waals surface area contributed by atoms with E-state index in [-0.39, 0.29) is 12.5 Å². The van der Waals surface area contributed by atoms with Crippen molar-refractivity contribution in [2.24, 2.45) is 0 Å². The second kappa shape index (κ2) is 8.80. The van der Waals surface area contributed by atoms with Crippen LogP contribution in [-0.2, 0) is 22.6 Å². The first-order valence-electron chi connectivity index (χ1n) is 8.59. The Bertz CT molecular complexity index is 929. The molecule has 2 aromatic carbocycles. The van der Waals surface area contributed by atoms with Crippen LogP contribution >= 0.6 is 0 Å². The molecule has 0 unspecified atom stereocenters. The van der Waals surface area contributed by atoms with Gasteiger partial charge in [0, 0.05) is 17.2 Å². The molecule has 3 rings (SSSR count). The van der Waals surface area contributed by atoms with Crippen LogP contribution in [0.25, 0.3) is 17.5 Å². The fourth-order valence-corrected chi connectivity index (χ4v) is 2.46. The number of benzene rings is 2. The van der Waals surface area contributed by atoms with E-state index in [0.717, 1.165) is 17.5 Å². The van der Waals surface area contributed by atoms with Crippen LogP contribution in [-0.4, -0.2) is 23.2 Å². The molecule has 27 heavy (non-hydrogen) atoms. The van der Waals surface area contributed by atoms with Crippen molar-refractivity contribution in [2.45, 2.75) is 20.0 Å². The highest BCUT2D eigenvalue weighted by Gasteiger charge is 2.10. The zero-order valence-electron chi connectivity index (χ0n) is 15.2. The van der Waals surface area contributed by atoms with Gasteiger partial charge in [-0.25, -0.2) is 4.79 Å². The summed E-state index contributed by atoms with van der Waals surface area (Å²) in [6, 6.07) is 15.3. The first-order chi connectivity index (χ1) is 13.2. The minimum Gasteiger partial charge on any atom is -0.496 e. The molecule has 0 N–H and O–H groups in total. The monoisotopic (exact) mass is 364 g/mol. The van der Waals surface area contributed by atoms with Gasteiger partial charge in [0.15, 0.2) is 6.61 Å². The van der Waals surface area contributed by atoms with Crippen molar-refractivity contribution >= 4 is 12.0 Å². The summed E-state index contributed by atoms with van der Waals surface area (Å²) in [5.74, 6) is 0.877. The highest BCUT2D eigenvalue weighted by molar-refractivity contribution is 5.87. The first kappa shape index (κ1) is 18.4. The van der Waals surface area contributed by atoms with E-state index in [4.69, 9.17) is 14.0 Å². The van der Waals surface area contributed by atoms with E-state index in [1.54, 1.807) is 13.2 Å². The van der Waals surface area contributed by atoms with Crippen molar-refractivity contribution in [3.05, 3.63) is 71.6 Å². The number of hydrogen-bond donors (Lipinski definition) is 0. The van der Waals surface area contributed by atoms with Crippen LogP contribution in [0.5, 0.6) is 5.75 Å². The zero-order chi connectivity index (χ0) is 19.1. The number of carbonyl (C=O) groups is 1. The van der Waals surface area contributed by atoms with Crippen LogP contribution in [0.3, 0.4) is 0 Å². The molecule has 1 aromatic heterocycles. The number of methoxy groups -OCH3 is 1. The number of para-hydroxylation sites is 1. The molecule has 0 bridgehead atoms. The smallest absolute Gasteiger partial charge is 0.331 e. The summed E-state index contributed by atoms with van der Waals surface area (Å²) in [6.07, 6.45) is 3.93. The van der Waals surface area contributed by atoms with Gasteiger partial charge >= 0.3 is 5.97 Å². The van der Waals surface area contributed by atoms with E-state index in [2.05, 4.69) is 17.1 Å². The Morgan fingerprint density at radius 3 is 2.67 bits per heavy atom. The lowest BCUT2D eigenvalue weighted by atomic mass is 10.1. The van der Waals surface area contributed by atoms with Gasteiger partial charge in [0.1, 0.15) is 5.75 Å². The van der Waals surface area contributed by atoms with Crippen molar-refractivity contribution in [3.63, 3.8) is 0 Å². The first-order valence-corrected chi connectivity index (χ1v) is 8.59. The Morgan fingerprint density at radius 1 is 1.15 bits per heavy atom. The van der Waals surface area contributed by atoms with E-state index < -0.39 is 5.97 Å². The van der Waals surface area contributed by atoms with E-state index in [1.807, 2.05) is 48.5 Å². The average molecular weight is 364 g/mol. The van der Waals surface area contributed by atoms with Crippen LogP contribution in [0.4, 0.5) is 0 Å². The molecule has 0 radical (unpaired) electrons. The van der Waals surface area contributed by atoms with Gasteiger partial charge in [-0.1, -0.05) is 54.5 Å². The molecule has 3 aromatic rings. The molecule has 1 heterocycles. The molecule has 0 fully saturated rings. The molecule has 0 aliphatic heterocycles. The van der Waals surface area contributed by atoms with E-state index in [0.29, 0.717) is 11.6 Å². The Labute approximate surface area is 157 Å². The van der Waals surface area contributed by atoms with Gasteiger partial charge in [0.05, 0.1) is 7.11 Å². The SMILES string of the molecule is CCc1ccc(-c2noc(COC(=O)/C=C/c3ccccc3OC)n2)cc1. The van der Waals surface area contributed by atoms with Crippen molar-refractivity contribution in [1.82, 2.24) is 10.1 Å². The molecule has 0 saturated carbocycles. The summed E-state index contributed by atoms with van der Waals surface area (Å²) in [5, 5.41) is 3.92. The maximum Gasteiger partial charge on any atom is 0.331 e. The van der Waals surface area contributed by atoms with Crippen LogP contribution in [0.2, 0.25) is 0 Å². The molecule has 138 valence electrons. The minimum atomic E-state index is -0.507. The third-order valence-corrected chi connectivity index (χ3v) is 3.96. The maximum absolute atomic E-state index is 11.9.